The van der Waals surface area contributed by atoms with Gasteiger partial charge < -0.3 is 10.1 Å². The Hall–Kier alpha value is -2.03. The predicted octanol–water partition coefficient (Wildman–Crippen LogP) is 3.02. The topological polar surface area (TPSA) is 34.1 Å². The number of anilines is 1. The maximum atomic E-state index is 5.70. The monoisotopic (exact) mass is 240 g/mol. The first kappa shape index (κ1) is 11.1. The second-order valence-corrected chi connectivity index (χ2v) is 4.50. The third kappa shape index (κ3) is 2.45. The van der Waals surface area contributed by atoms with Crippen LogP contribution in [0.2, 0.25) is 0 Å². The Morgan fingerprint density at radius 1 is 1.28 bits per heavy atom. The van der Waals surface area contributed by atoms with Crippen LogP contribution in [0.4, 0.5) is 5.69 Å². The Kier molecular flexibility index (Phi) is 3.13. The molecule has 0 spiro atoms. The number of hydrogen-bond acceptors (Lipinski definition) is 3. The fourth-order valence-electron chi connectivity index (χ4n) is 2.22. The van der Waals surface area contributed by atoms with Crippen molar-refractivity contribution >= 4 is 5.69 Å². The average Bonchev–Trinajstić information content (AvgIpc) is 2.46. The van der Waals surface area contributed by atoms with E-state index in [2.05, 4.69) is 28.5 Å². The molecule has 2 aromatic rings. The van der Waals surface area contributed by atoms with E-state index in [-0.39, 0.29) is 0 Å². The standard InChI is InChI=1S/C15H16N2O/c1-3-13-9-12(5-6-15(13)17-8-1)11-18-14-4-2-7-16-10-14/h2,4-7,9-10,17H,1,3,8,11H2. The summed E-state index contributed by atoms with van der Waals surface area (Å²) >= 11 is 0. The minimum absolute atomic E-state index is 0.596. The van der Waals surface area contributed by atoms with Crippen molar-refractivity contribution in [3.63, 3.8) is 0 Å². The number of benzene rings is 1. The van der Waals surface area contributed by atoms with Crippen molar-refractivity contribution in [3.8, 4) is 5.75 Å². The molecule has 0 atom stereocenters. The molecule has 0 unspecified atom stereocenters. The summed E-state index contributed by atoms with van der Waals surface area (Å²) < 4.78 is 5.70. The number of nitrogens with zero attached hydrogens (tertiary/aromatic N) is 1. The first-order valence-corrected chi connectivity index (χ1v) is 6.30. The highest BCUT2D eigenvalue weighted by atomic mass is 16.5. The lowest BCUT2D eigenvalue weighted by molar-refractivity contribution is 0.305. The van der Waals surface area contributed by atoms with E-state index in [0.29, 0.717) is 6.61 Å². The molecule has 18 heavy (non-hydrogen) atoms. The Labute approximate surface area is 107 Å². The number of ether oxygens (including phenoxy) is 1. The van der Waals surface area contributed by atoms with Crippen LogP contribution in [0.1, 0.15) is 17.5 Å². The number of aromatic nitrogens is 1. The fraction of sp³-hybridized carbons (Fsp3) is 0.267. The predicted molar refractivity (Wildman–Crippen MR) is 71.8 cm³/mol. The highest BCUT2D eigenvalue weighted by molar-refractivity contribution is 5.54. The summed E-state index contributed by atoms with van der Waals surface area (Å²) in [7, 11) is 0. The number of nitrogens with one attached hydrogen (secondary N) is 1. The first-order valence-electron chi connectivity index (χ1n) is 6.30. The van der Waals surface area contributed by atoms with Gasteiger partial charge in [-0.1, -0.05) is 12.1 Å². The van der Waals surface area contributed by atoms with Crippen molar-refractivity contribution in [2.75, 3.05) is 11.9 Å². The largest absolute Gasteiger partial charge is 0.487 e. The smallest absolute Gasteiger partial charge is 0.138 e. The average molecular weight is 240 g/mol. The van der Waals surface area contributed by atoms with E-state index in [1.165, 1.54) is 23.2 Å². The summed E-state index contributed by atoms with van der Waals surface area (Å²) in [5, 5.41) is 3.41. The molecule has 1 aromatic carbocycles. The highest BCUT2D eigenvalue weighted by Crippen LogP contribution is 2.23. The third-order valence-corrected chi connectivity index (χ3v) is 3.15. The Bertz CT molecular complexity index is 525. The van der Waals surface area contributed by atoms with E-state index in [4.69, 9.17) is 4.74 Å². The van der Waals surface area contributed by atoms with Gasteiger partial charge in [0.15, 0.2) is 0 Å². The number of hydrogen-bond donors (Lipinski definition) is 1. The maximum absolute atomic E-state index is 5.70. The van der Waals surface area contributed by atoms with Gasteiger partial charge in [0, 0.05) is 18.4 Å². The molecule has 0 bridgehead atoms. The molecule has 1 N–H and O–H groups in total. The van der Waals surface area contributed by atoms with Gasteiger partial charge in [0.05, 0.1) is 6.20 Å². The van der Waals surface area contributed by atoms with E-state index >= 15 is 0 Å². The number of pyridine rings is 1. The van der Waals surface area contributed by atoms with Crippen LogP contribution in [-0.2, 0) is 13.0 Å². The number of rotatable bonds is 3. The van der Waals surface area contributed by atoms with Crippen molar-refractivity contribution in [2.45, 2.75) is 19.4 Å². The summed E-state index contributed by atoms with van der Waals surface area (Å²) in [5.41, 5.74) is 3.88. The molecule has 1 aliphatic heterocycles. The Morgan fingerprint density at radius 3 is 3.17 bits per heavy atom. The van der Waals surface area contributed by atoms with Crippen molar-refractivity contribution in [1.29, 1.82) is 0 Å². The minimum atomic E-state index is 0.596. The van der Waals surface area contributed by atoms with Gasteiger partial charge in [0.25, 0.3) is 0 Å². The molecule has 0 radical (unpaired) electrons. The van der Waals surface area contributed by atoms with Gasteiger partial charge in [-0.2, -0.15) is 0 Å². The normalized spacial score (nSPS) is 13.6. The van der Waals surface area contributed by atoms with Crippen LogP contribution in [0.25, 0.3) is 0 Å². The van der Waals surface area contributed by atoms with Crippen molar-refractivity contribution in [2.24, 2.45) is 0 Å². The van der Waals surface area contributed by atoms with Crippen LogP contribution in [0.3, 0.4) is 0 Å². The number of aryl methyl sites for hydroxylation is 1. The zero-order valence-corrected chi connectivity index (χ0v) is 10.2. The van der Waals surface area contributed by atoms with E-state index in [1.54, 1.807) is 12.4 Å². The molecule has 0 amide bonds. The molecule has 0 aliphatic carbocycles. The molecule has 1 aromatic heterocycles. The lowest BCUT2D eigenvalue weighted by atomic mass is 10.0. The molecule has 1 aliphatic rings. The lowest BCUT2D eigenvalue weighted by Crippen LogP contribution is -2.12. The van der Waals surface area contributed by atoms with E-state index in [1.807, 2.05) is 12.1 Å². The zero-order valence-electron chi connectivity index (χ0n) is 10.2. The van der Waals surface area contributed by atoms with Gasteiger partial charge in [-0.3, -0.25) is 4.98 Å². The molecular weight excluding hydrogens is 224 g/mol. The van der Waals surface area contributed by atoms with Gasteiger partial charge in [-0.15, -0.1) is 0 Å². The molecular formula is C15H16N2O. The molecule has 2 heterocycles. The second-order valence-electron chi connectivity index (χ2n) is 4.50. The van der Waals surface area contributed by atoms with Crippen LogP contribution < -0.4 is 10.1 Å². The molecule has 3 rings (SSSR count). The molecule has 0 saturated carbocycles. The molecule has 0 saturated heterocycles. The first-order chi connectivity index (χ1) is 8.92. The lowest BCUT2D eigenvalue weighted by Gasteiger charge is -2.18. The Balaban J connectivity index is 1.70. The zero-order chi connectivity index (χ0) is 12.2. The quantitative estimate of drug-likeness (QED) is 0.895. The van der Waals surface area contributed by atoms with Gasteiger partial charge in [-0.05, 0) is 42.2 Å². The van der Waals surface area contributed by atoms with Crippen LogP contribution in [-0.4, -0.2) is 11.5 Å². The Morgan fingerprint density at radius 2 is 2.28 bits per heavy atom. The van der Waals surface area contributed by atoms with E-state index < -0.39 is 0 Å². The van der Waals surface area contributed by atoms with Gasteiger partial charge in [0.2, 0.25) is 0 Å². The summed E-state index contributed by atoms with van der Waals surface area (Å²) in [6, 6.07) is 10.3. The van der Waals surface area contributed by atoms with Crippen LogP contribution in [0.5, 0.6) is 5.75 Å². The maximum Gasteiger partial charge on any atom is 0.138 e. The molecule has 92 valence electrons. The van der Waals surface area contributed by atoms with E-state index in [9.17, 15) is 0 Å². The summed E-state index contributed by atoms with van der Waals surface area (Å²) in [6.45, 7) is 1.68. The number of fused-ring (bicyclic) bond motifs is 1. The van der Waals surface area contributed by atoms with Gasteiger partial charge in [0.1, 0.15) is 12.4 Å². The van der Waals surface area contributed by atoms with Crippen LogP contribution in [0, 0.1) is 0 Å². The van der Waals surface area contributed by atoms with Crippen LogP contribution >= 0.6 is 0 Å². The van der Waals surface area contributed by atoms with Crippen molar-refractivity contribution in [3.05, 3.63) is 53.9 Å². The third-order valence-electron chi connectivity index (χ3n) is 3.15. The molecule has 0 fully saturated rings. The van der Waals surface area contributed by atoms with E-state index in [0.717, 1.165) is 18.7 Å². The molecule has 3 heteroatoms. The van der Waals surface area contributed by atoms with Gasteiger partial charge >= 0.3 is 0 Å². The summed E-state index contributed by atoms with van der Waals surface area (Å²) in [5.74, 6) is 0.813. The van der Waals surface area contributed by atoms with Gasteiger partial charge in [-0.25, -0.2) is 0 Å². The minimum Gasteiger partial charge on any atom is -0.487 e. The second kappa shape index (κ2) is 5.08. The SMILES string of the molecule is c1cncc(OCc2ccc3c(c2)CCCN3)c1. The van der Waals surface area contributed by atoms with Crippen molar-refractivity contribution in [1.82, 2.24) is 4.98 Å². The summed E-state index contributed by atoms with van der Waals surface area (Å²) in [6.07, 6.45) is 5.85. The van der Waals surface area contributed by atoms with Crippen molar-refractivity contribution < 1.29 is 4.74 Å². The highest BCUT2D eigenvalue weighted by Gasteiger charge is 2.08. The van der Waals surface area contributed by atoms with Crippen LogP contribution in [0.15, 0.2) is 42.7 Å². The molecule has 3 nitrogen and oxygen atoms in total. The summed E-state index contributed by atoms with van der Waals surface area (Å²) in [4.78, 5) is 4.03. The fourth-order valence-corrected chi connectivity index (χ4v) is 2.22.